The molecule has 0 saturated carbocycles. The van der Waals surface area contributed by atoms with Crippen molar-refractivity contribution in [1.82, 2.24) is 20.1 Å². The standard InChI is InChI=1S/C17H10F3N5O2.2C2H6/c18-17(19,20)9-5-7-10(8-6-9)21-14-13(15-24-16(26)27-25-15)22-11-3-1-2-4-12(11)23-14;2*1-2/h1-8H,(H,21,23)(H,24,25,26);2*1-2H3. The average Bonchev–Trinajstić information content (AvgIpc) is 3.22. The third-order valence-corrected chi connectivity index (χ3v) is 3.71. The van der Waals surface area contributed by atoms with E-state index in [0.29, 0.717) is 16.7 Å². The second-order valence-corrected chi connectivity index (χ2v) is 5.55. The number of fused-ring (bicyclic) bond motifs is 1. The number of hydrogen-bond donors (Lipinski definition) is 2. The van der Waals surface area contributed by atoms with E-state index in [-0.39, 0.29) is 17.3 Å². The Morgan fingerprint density at radius 1 is 0.903 bits per heavy atom. The highest BCUT2D eigenvalue weighted by Crippen LogP contribution is 2.31. The molecule has 31 heavy (non-hydrogen) atoms. The van der Waals surface area contributed by atoms with E-state index >= 15 is 0 Å². The van der Waals surface area contributed by atoms with Gasteiger partial charge in [0.05, 0.1) is 16.6 Å². The maximum absolute atomic E-state index is 12.7. The van der Waals surface area contributed by atoms with Gasteiger partial charge in [-0.1, -0.05) is 45.0 Å². The summed E-state index contributed by atoms with van der Waals surface area (Å²) in [5.74, 6) is -0.508. The number of H-pyrrole nitrogens is 1. The van der Waals surface area contributed by atoms with Gasteiger partial charge < -0.3 is 5.32 Å². The molecule has 0 bridgehead atoms. The summed E-state index contributed by atoms with van der Waals surface area (Å²) in [4.78, 5) is 22.5. The number of benzene rings is 2. The van der Waals surface area contributed by atoms with Gasteiger partial charge >= 0.3 is 11.9 Å². The van der Waals surface area contributed by atoms with Gasteiger partial charge in [-0.15, -0.1) is 0 Å². The van der Waals surface area contributed by atoms with Crippen molar-refractivity contribution in [2.75, 3.05) is 5.32 Å². The van der Waals surface area contributed by atoms with Gasteiger partial charge in [0.2, 0.25) is 5.82 Å². The Labute approximate surface area is 176 Å². The molecule has 0 unspecified atom stereocenters. The number of rotatable bonds is 3. The monoisotopic (exact) mass is 433 g/mol. The first-order valence-corrected chi connectivity index (χ1v) is 9.67. The molecule has 0 saturated heterocycles. The summed E-state index contributed by atoms with van der Waals surface area (Å²) in [6.45, 7) is 8.00. The lowest BCUT2D eigenvalue weighted by Crippen LogP contribution is -2.05. The number of aromatic nitrogens is 4. The second-order valence-electron chi connectivity index (χ2n) is 5.55. The van der Waals surface area contributed by atoms with Gasteiger partial charge in [-0.05, 0) is 36.4 Å². The highest BCUT2D eigenvalue weighted by atomic mass is 19.4. The minimum Gasteiger partial charge on any atom is -0.338 e. The molecule has 4 aromatic rings. The largest absolute Gasteiger partial charge is 0.439 e. The highest BCUT2D eigenvalue weighted by molar-refractivity contribution is 5.82. The number of alkyl halides is 3. The van der Waals surface area contributed by atoms with Crippen molar-refractivity contribution >= 4 is 22.5 Å². The number of nitrogens with one attached hydrogen (secondary N) is 2. The Morgan fingerprint density at radius 2 is 1.48 bits per heavy atom. The van der Waals surface area contributed by atoms with Crippen LogP contribution in [0.2, 0.25) is 0 Å². The molecular weight excluding hydrogens is 411 g/mol. The van der Waals surface area contributed by atoms with Crippen LogP contribution in [0.15, 0.2) is 57.8 Å². The third kappa shape index (κ3) is 5.68. The van der Waals surface area contributed by atoms with E-state index in [1.165, 1.54) is 12.1 Å². The molecule has 2 heterocycles. The van der Waals surface area contributed by atoms with E-state index in [1.807, 2.05) is 27.7 Å². The van der Waals surface area contributed by atoms with E-state index in [0.717, 1.165) is 12.1 Å². The van der Waals surface area contributed by atoms with Gasteiger partial charge in [0.1, 0.15) is 0 Å². The fraction of sp³-hybridized carbons (Fsp3) is 0.238. The van der Waals surface area contributed by atoms with Crippen molar-refractivity contribution in [2.45, 2.75) is 33.9 Å². The van der Waals surface area contributed by atoms with Crippen LogP contribution >= 0.6 is 0 Å². The van der Waals surface area contributed by atoms with Crippen LogP contribution in [0.1, 0.15) is 33.3 Å². The molecular formula is C21H22F3N5O2. The molecule has 2 N–H and O–H groups in total. The molecule has 2 aromatic carbocycles. The Morgan fingerprint density at radius 3 is 2.00 bits per heavy atom. The molecule has 0 spiro atoms. The molecule has 0 aliphatic heterocycles. The molecule has 0 atom stereocenters. The van der Waals surface area contributed by atoms with Crippen LogP contribution in [0.3, 0.4) is 0 Å². The van der Waals surface area contributed by atoms with Gasteiger partial charge in [-0.25, -0.2) is 14.8 Å². The van der Waals surface area contributed by atoms with Crippen molar-refractivity contribution in [3.8, 4) is 11.5 Å². The molecule has 0 fully saturated rings. The van der Waals surface area contributed by atoms with Crippen LogP contribution < -0.4 is 11.1 Å². The van der Waals surface area contributed by atoms with Crippen LogP contribution in [-0.4, -0.2) is 20.1 Å². The van der Waals surface area contributed by atoms with Gasteiger partial charge in [-0.2, -0.15) is 13.2 Å². The van der Waals surface area contributed by atoms with Crippen LogP contribution in [0.25, 0.3) is 22.6 Å². The summed E-state index contributed by atoms with van der Waals surface area (Å²) in [6, 6.07) is 11.5. The molecule has 0 radical (unpaired) electrons. The molecule has 164 valence electrons. The Kier molecular flexibility index (Phi) is 7.89. The van der Waals surface area contributed by atoms with Gasteiger partial charge in [0, 0.05) is 5.69 Å². The van der Waals surface area contributed by atoms with E-state index in [2.05, 4.69) is 29.9 Å². The molecule has 0 aliphatic carbocycles. The minimum absolute atomic E-state index is 0.0488. The molecule has 10 heteroatoms. The first kappa shape index (κ1) is 23.6. The number of para-hydroxylation sites is 2. The molecule has 2 aromatic heterocycles. The van der Waals surface area contributed by atoms with Crippen molar-refractivity contribution in [2.24, 2.45) is 0 Å². The Bertz CT molecular complexity index is 1170. The number of aromatic amines is 1. The van der Waals surface area contributed by atoms with Crippen LogP contribution in [-0.2, 0) is 6.18 Å². The number of anilines is 2. The molecule has 0 amide bonds. The van der Waals surface area contributed by atoms with Crippen molar-refractivity contribution < 1.29 is 17.7 Å². The Hall–Kier alpha value is -3.69. The van der Waals surface area contributed by atoms with Crippen LogP contribution in [0.4, 0.5) is 24.7 Å². The summed E-state index contributed by atoms with van der Waals surface area (Å²) in [6.07, 6.45) is -4.42. The minimum atomic E-state index is -4.42. The summed E-state index contributed by atoms with van der Waals surface area (Å²) in [7, 11) is 0. The topological polar surface area (TPSA) is 96.7 Å². The zero-order chi connectivity index (χ0) is 23.0. The molecule has 4 rings (SSSR count). The van der Waals surface area contributed by atoms with E-state index < -0.39 is 17.5 Å². The first-order valence-electron chi connectivity index (χ1n) is 9.67. The lowest BCUT2D eigenvalue weighted by molar-refractivity contribution is -0.137. The zero-order valence-corrected chi connectivity index (χ0v) is 17.4. The Balaban J connectivity index is 0.000000807. The maximum Gasteiger partial charge on any atom is 0.439 e. The number of hydrogen-bond acceptors (Lipinski definition) is 6. The third-order valence-electron chi connectivity index (χ3n) is 3.71. The smallest absolute Gasteiger partial charge is 0.338 e. The summed E-state index contributed by atoms with van der Waals surface area (Å²) >= 11 is 0. The second kappa shape index (κ2) is 10.4. The summed E-state index contributed by atoms with van der Waals surface area (Å²) < 4.78 is 42.6. The molecule has 7 nitrogen and oxygen atoms in total. The lowest BCUT2D eigenvalue weighted by Gasteiger charge is -2.11. The zero-order valence-electron chi connectivity index (χ0n) is 17.4. The van der Waals surface area contributed by atoms with Crippen molar-refractivity contribution in [3.63, 3.8) is 0 Å². The van der Waals surface area contributed by atoms with Crippen molar-refractivity contribution in [3.05, 3.63) is 64.6 Å². The normalized spacial score (nSPS) is 10.5. The average molecular weight is 433 g/mol. The predicted molar refractivity (Wildman–Crippen MR) is 113 cm³/mol. The van der Waals surface area contributed by atoms with Crippen LogP contribution in [0, 0.1) is 0 Å². The van der Waals surface area contributed by atoms with Gasteiger partial charge in [0.25, 0.3) is 0 Å². The van der Waals surface area contributed by atoms with E-state index in [1.54, 1.807) is 24.3 Å². The predicted octanol–water partition coefficient (Wildman–Crippen LogP) is 5.79. The SMILES string of the molecule is CC.CC.O=c1[nH]c(-c2nc3ccccc3nc2Nc2ccc(C(F)(F)F)cc2)no1. The maximum atomic E-state index is 12.7. The van der Waals surface area contributed by atoms with E-state index in [9.17, 15) is 18.0 Å². The number of halogens is 3. The summed E-state index contributed by atoms with van der Waals surface area (Å²) in [5.41, 5.74) is 0.897. The number of nitrogens with zero attached hydrogens (tertiary/aromatic N) is 3. The summed E-state index contributed by atoms with van der Waals surface area (Å²) in [5, 5.41) is 6.51. The highest BCUT2D eigenvalue weighted by Gasteiger charge is 2.30. The fourth-order valence-electron chi connectivity index (χ4n) is 2.46. The fourth-order valence-corrected chi connectivity index (χ4v) is 2.46. The van der Waals surface area contributed by atoms with Gasteiger partial charge in [0.15, 0.2) is 11.5 Å². The first-order chi connectivity index (χ1) is 14.9. The van der Waals surface area contributed by atoms with E-state index in [4.69, 9.17) is 0 Å². The van der Waals surface area contributed by atoms with Gasteiger partial charge in [-0.3, -0.25) is 9.51 Å². The van der Waals surface area contributed by atoms with Crippen LogP contribution in [0.5, 0.6) is 0 Å². The quantitative estimate of drug-likeness (QED) is 0.425. The lowest BCUT2D eigenvalue weighted by atomic mass is 10.2. The van der Waals surface area contributed by atoms with Crippen molar-refractivity contribution in [1.29, 1.82) is 0 Å². The molecule has 0 aliphatic rings.